The number of hydrogen-bond acceptors (Lipinski definition) is 12. The third-order valence-electron chi connectivity index (χ3n) is 9.05. The monoisotopic (exact) mass is 816 g/mol. The van der Waals surface area contributed by atoms with Crippen molar-refractivity contribution < 1.29 is 38.7 Å². The molecule has 1 aliphatic rings. The number of para-hydroxylation sites is 2. The number of carbonyl (C=O) groups is 2. The van der Waals surface area contributed by atoms with E-state index in [1.54, 1.807) is 48.5 Å². The largest absolute Gasteiger partial charge is 0.507 e. The van der Waals surface area contributed by atoms with Gasteiger partial charge in [0, 0.05) is 49.1 Å². The maximum Gasteiger partial charge on any atom is 0.199 e. The van der Waals surface area contributed by atoms with E-state index in [4.69, 9.17) is 28.9 Å². The summed E-state index contributed by atoms with van der Waals surface area (Å²) in [5.41, 5.74) is 1.90. The minimum Gasteiger partial charge on any atom is -0.507 e. The van der Waals surface area contributed by atoms with Crippen molar-refractivity contribution in [1.29, 1.82) is 0 Å². The Hall–Kier alpha value is -6.56. The fraction of sp³-hybridized carbons (Fsp3) is 0.333. The summed E-state index contributed by atoms with van der Waals surface area (Å²) in [7, 11) is 0. The van der Waals surface area contributed by atoms with E-state index in [2.05, 4.69) is 24.5 Å². The van der Waals surface area contributed by atoms with Crippen LogP contribution in [0.2, 0.25) is 0 Å². The van der Waals surface area contributed by atoms with Gasteiger partial charge in [-0.1, -0.05) is 78.6 Å². The van der Waals surface area contributed by atoms with Gasteiger partial charge in [0.25, 0.3) is 0 Å². The molecule has 0 radical (unpaired) electrons. The van der Waals surface area contributed by atoms with Crippen molar-refractivity contribution in [2.45, 2.75) is 67.2 Å². The Bertz CT molecular complexity index is 2080. The summed E-state index contributed by atoms with van der Waals surface area (Å²) >= 11 is 0. The Labute approximate surface area is 352 Å². The van der Waals surface area contributed by atoms with Gasteiger partial charge < -0.3 is 39.8 Å². The predicted octanol–water partition coefficient (Wildman–Crippen LogP) is 11.0. The van der Waals surface area contributed by atoms with Crippen molar-refractivity contribution in [2.24, 2.45) is 21.8 Å². The van der Waals surface area contributed by atoms with Gasteiger partial charge in [0.1, 0.15) is 11.5 Å². The number of ether oxygens (including phenoxy) is 4. The SMILES string of the molecule is CCCCOc1cc2c(cc1OCC(C)C)N=C/C(C(=O)c1ccccc1O)=C\Nc1cc(OCCCC)c(OCC(C)C)cc1N=C/C(C(=O)c1ccccc1O)=C\N2. The Kier molecular flexibility index (Phi) is 16.3. The van der Waals surface area contributed by atoms with Crippen LogP contribution in [0.5, 0.6) is 34.5 Å². The van der Waals surface area contributed by atoms with Crippen molar-refractivity contribution in [2.75, 3.05) is 37.1 Å². The number of hydrogen-bond donors (Lipinski definition) is 4. The normalized spacial score (nSPS) is 14.3. The smallest absolute Gasteiger partial charge is 0.199 e. The molecule has 0 aromatic heterocycles. The minimum absolute atomic E-state index is 0.0756. The average Bonchev–Trinajstić information content (AvgIpc) is 3.23. The van der Waals surface area contributed by atoms with Gasteiger partial charge in [-0.15, -0.1) is 0 Å². The lowest BCUT2D eigenvalue weighted by Gasteiger charge is -2.18. The van der Waals surface area contributed by atoms with E-state index in [-0.39, 0.29) is 45.6 Å². The molecule has 316 valence electrons. The van der Waals surface area contributed by atoms with Crippen LogP contribution in [-0.2, 0) is 0 Å². The van der Waals surface area contributed by atoms with E-state index in [0.717, 1.165) is 25.7 Å². The van der Waals surface area contributed by atoms with E-state index in [9.17, 15) is 19.8 Å². The summed E-state index contributed by atoms with van der Waals surface area (Å²) in [6.45, 7) is 14.0. The Morgan fingerprint density at radius 2 is 0.967 bits per heavy atom. The Balaban J connectivity index is 1.76. The number of anilines is 2. The fourth-order valence-corrected chi connectivity index (χ4v) is 5.71. The molecule has 0 saturated carbocycles. The first-order chi connectivity index (χ1) is 29.0. The van der Waals surface area contributed by atoms with E-state index in [0.29, 0.717) is 72.2 Å². The van der Waals surface area contributed by atoms with E-state index >= 15 is 0 Å². The number of phenols is 2. The van der Waals surface area contributed by atoms with E-state index < -0.39 is 11.6 Å². The molecule has 0 unspecified atom stereocenters. The number of rotatable bonds is 18. The summed E-state index contributed by atoms with van der Waals surface area (Å²) in [5.74, 6) is 0.870. The number of unbranched alkanes of at least 4 members (excludes halogenated alkanes) is 2. The topological polar surface area (TPSA) is 160 Å². The highest BCUT2D eigenvalue weighted by Crippen LogP contribution is 2.41. The van der Waals surface area contributed by atoms with Crippen LogP contribution < -0.4 is 29.6 Å². The molecule has 5 rings (SSSR count). The second kappa shape index (κ2) is 22.0. The summed E-state index contributed by atoms with van der Waals surface area (Å²) in [4.78, 5) is 38.0. The second-order valence-electron chi connectivity index (χ2n) is 15.1. The van der Waals surface area contributed by atoms with Gasteiger partial charge in [-0.2, -0.15) is 0 Å². The molecule has 4 aromatic carbocycles. The van der Waals surface area contributed by atoms with Gasteiger partial charge >= 0.3 is 0 Å². The molecule has 0 atom stereocenters. The zero-order valence-corrected chi connectivity index (χ0v) is 35.3. The summed E-state index contributed by atoms with van der Waals surface area (Å²) in [6, 6.07) is 19.5. The maximum atomic E-state index is 14.2. The highest BCUT2D eigenvalue weighted by Gasteiger charge is 2.21. The number of allylic oxidation sites excluding steroid dienone is 2. The predicted molar refractivity (Wildman–Crippen MR) is 239 cm³/mol. The number of fused-ring (bicyclic) bond motifs is 2. The summed E-state index contributed by atoms with van der Waals surface area (Å²) < 4.78 is 24.9. The summed E-state index contributed by atoms with van der Waals surface area (Å²) in [5, 5.41) is 28.0. The number of Topliss-reactive ketones (excluding diaryl/α,β-unsaturated/α-hetero) is 2. The molecule has 12 heteroatoms. The molecule has 12 nitrogen and oxygen atoms in total. The molecular formula is C48H56N4O8. The van der Waals surface area contributed by atoms with Gasteiger partial charge in [-0.25, -0.2) is 0 Å². The molecule has 4 aromatic rings. The van der Waals surface area contributed by atoms with Crippen LogP contribution in [0.1, 0.15) is 87.9 Å². The Morgan fingerprint density at radius 1 is 0.583 bits per heavy atom. The maximum absolute atomic E-state index is 14.2. The highest BCUT2D eigenvalue weighted by atomic mass is 16.5. The zero-order valence-electron chi connectivity index (χ0n) is 35.3. The molecule has 0 spiro atoms. The number of aromatic hydroxyl groups is 2. The number of nitrogens with zero attached hydrogens (tertiary/aromatic N) is 2. The number of nitrogens with one attached hydrogen (secondary N) is 2. The zero-order chi connectivity index (χ0) is 43.0. The average molecular weight is 817 g/mol. The fourth-order valence-electron chi connectivity index (χ4n) is 5.71. The van der Waals surface area contributed by atoms with Crippen molar-refractivity contribution in [3.8, 4) is 34.5 Å². The van der Waals surface area contributed by atoms with Crippen molar-refractivity contribution in [3.05, 3.63) is 107 Å². The van der Waals surface area contributed by atoms with Crippen LogP contribution in [0.4, 0.5) is 22.7 Å². The molecule has 60 heavy (non-hydrogen) atoms. The molecule has 0 aliphatic carbocycles. The lowest BCUT2D eigenvalue weighted by Crippen LogP contribution is -2.10. The minimum atomic E-state index is -0.501. The van der Waals surface area contributed by atoms with Crippen LogP contribution >= 0.6 is 0 Å². The standard InChI is InChI=1S/C48H56N4O8/c1-7-9-19-57-43-21-37-39(23-45(43)59-29-31(3)4)51-27-34(48(56)36-16-12-14-18-42(36)54)26-50-38-22-44(58-20-10-8-2)46(60-30-32(5)6)24-40(38)52-28-33(25-49-37)47(55)35-15-11-13-17-41(35)53/h11-18,21-28,31-32,49-50,53-54H,7-10,19-20,29-30H2,1-6H3/b33-25+,34-26+,51-27?,52-28?. The van der Waals surface area contributed by atoms with E-state index in [1.165, 1.54) is 49.1 Å². The number of ketones is 2. The van der Waals surface area contributed by atoms with Gasteiger partial charge in [0.2, 0.25) is 0 Å². The van der Waals surface area contributed by atoms with Crippen LogP contribution in [0.25, 0.3) is 0 Å². The first-order valence-corrected chi connectivity index (χ1v) is 20.5. The number of benzene rings is 4. The van der Waals surface area contributed by atoms with Gasteiger partial charge in [-0.05, 0) is 48.9 Å². The van der Waals surface area contributed by atoms with E-state index in [1.807, 2.05) is 27.7 Å². The van der Waals surface area contributed by atoms with Crippen molar-refractivity contribution in [3.63, 3.8) is 0 Å². The van der Waals surface area contributed by atoms with Gasteiger partial charge in [-0.3, -0.25) is 19.6 Å². The molecule has 1 heterocycles. The Morgan fingerprint density at radius 3 is 1.33 bits per heavy atom. The van der Waals surface area contributed by atoms with Crippen molar-refractivity contribution >= 4 is 46.7 Å². The van der Waals surface area contributed by atoms with Crippen LogP contribution in [0, 0.1) is 11.8 Å². The second-order valence-corrected chi connectivity index (χ2v) is 15.1. The van der Waals surface area contributed by atoms with Crippen LogP contribution in [0.3, 0.4) is 0 Å². The third-order valence-corrected chi connectivity index (χ3v) is 9.05. The van der Waals surface area contributed by atoms with Gasteiger partial charge in [0.15, 0.2) is 34.6 Å². The number of phenolic OH excluding ortho intramolecular Hbond substituents is 2. The molecule has 1 aliphatic heterocycles. The first kappa shape index (κ1) is 44.5. The first-order valence-electron chi connectivity index (χ1n) is 20.5. The lowest BCUT2D eigenvalue weighted by molar-refractivity contribution is 0.103. The number of aliphatic imine (C=N–C) groups is 2. The summed E-state index contributed by atoms with van der Waals surface area (Å²) in [6.07, 6.45) is 9.24. The molecule has 0 fully saturated rings. The van der Waals surface area contributed by atoms with Crippen LogP contribution in [-0.4, -0.2) is 60.6 Å². The van der Waals surface area contributed by atoms with Crippen LogP contribution in [0.15, 0.2) is 106 Å². The molecule has 0 bridgehead atoms. The lowest BCUT2D eigenvalue weighted by atomic mass is 10.0. The quantitative estimate of drug-likeness (QED) is 0.0562. The molecular weight excluding hydrogens is 761 g/mol. The van der Waals surface area contributed by atoms with Gasteiger partial charge in [0.05, 0.1) is 71.5 Å². The molecule has 0 saturated heterocycles. The third kappa shape index (κ3) is 12.2. The highest BCUT2D eigenvalue weighted by molar-refractivity contribution is 6.23. The number of carbonyl (C=O) groups excluding carboxylic acids is 2. The molecule has 0 amide bonds. The molecule has 4 N–H and O–H groups in total. The van der Waals surface area contributed by atoms with Crippen molar-refractivity contribution in [1.82, 2.24) is 0 Å².